The highest BCUT2D eigenvalue weighted by molar-refractivity contribution is 4.79. The average molecular weight is 410 g/mol. The minimum Gasteiger partial charge on any atom is -0.396 e. The van der Waals surface area contributed by atoms with Gasteiger partial charge in [0.15, 0.2) is 0 Å². The smallest absolute Gasteiger partial charge is 0.111 e. The molecule has 0 radical (unpaired) electrons. The Morgan fingerprint density at radius 3 is 0.778 bits per heavy atom. The van der Waals surface area contributed by atoms with Crippen molar-refractivity contribution >= 4 is 0 Å². The summed E-state index contributed by atoms with van der Waals surface area (Å²) in [6.07, 6.45) is -7.35. The molecule has 0 aliphatic carbocycles. The van der Waals surface area contributed by atoms with Crippen LogP contribution in [0, 0.1) is 5.41 Å². The summed E-state index contributed by atoms with van der Waals surface area (Å²) in [6, 6.07) is 0. The fourth-order valence-corrected chi connectivity index (χ4v) is 1.03. The molecule has 0 bridgehead atoms. The highest BCUT2D eigenvalue weighted by Gasteiger charge is 2.29. The maximum absolute atomic E-state index is 8.96. The lowest BCUT2D eigenvalue weighted by Gasteiger charge is -2.24. The second-order valence-corrected chi connectivity index (χ2v) is 5.63. The van der Waals surface area contributed by atoms with Crippen LogP contribution in [0.25, 0.3) is 0 Å². The van der Waals surface area contributed by atoms with E-state index in [9.17, 15) is 0 Å². The van der Waals surface area contributed by atoms with Crippen LogP contribution >= 0.6 is 0 Å². The molecule has 13 heteroatoms. The SMILES string of the molecule is OCC(CO)(CO)CO.OCC(O)CO.OC[C@@H](O)[C@@H](O)[C@H](O)[C@@H](O)CO. The monoisotopic (exact) mass is 410 g/mol. The number of rotatable bonds is 11. The van der Waals surface area contributed by atoms with E-state index in [1.165, 1.54) is 0 Å². The van der Waals surface area contributed by atoms with Crippen LogP contribution < -0.4 is 0 Å². The summed E-state index contributed by atoms with van der Waals surface area (Å²) in [7, 11) is 0. The first kappa shape index (κ1) is 31.2. The van der Waals surface area contributed by atoms with Crippen LogP contribution in [0.4, 0.5) is 0 Å². The Kier molecular flexibility index (Phi) is 21.7. The van der Waals surface area contributed by atoms with Crippen molar-refractivity contribution in [2.75, 3.05) is 52.9 Å². The maximum Gasteiger partial charge on any atom is 0.111 e. The van der Waals surface area contributed by atoms with Crippen molar-refractivity contribution in [1.29, 1.82) is 0 Å². The summed E-state index contributed by atoms with van der Waals surface area (Å²) < 4.78 is 0. The molecule has 0 fully saturated rings. The number of hydrogen-bond donors (Lipinski definition) is 13. The highest BCUT2D eigenvalue weighted by atomic mass is 16.4. The lowest BCUT2D eigenvalue weighted by Crippen LogP contribution is -2.46. The average Bonchev–Trinajstić information content (AvgIpc) is 2.73. The van der Waals surface area contributed by atoms with Crippen LogP contribution in [0.2, 0.25) is 0 Å². The fraction of sp³-hybridized carbons (Fsp3) is 1.00. The van der Waals surface area contributed by atoms with E-state index in [2.05, 4.69) is 0 Å². The third kappa shape index (κ3) is 14.2. The van der Waals surface area contributed by atoms with Crippen LogP contribution in [0.15, 0.2) is 0 Å². The Balaban J connectivity index is -0.000000340. The molecule has 0 saturated heterocycles. The van der Waals surface area contributed by atoms with Crippen LogP contribution in [-0.2, 0) is 0 Å². The van der Waals surface area contributed by atoms with Gasteiger partial charge in [-0.25, -0.2) is 0 Å². The van der Waals surface area contributed by atoms with Gasteiger partial charge in [0, 0.05) is 0 Å². The molecule has 168 valence electrons. The number of aliphatic hydroxyl groups excluding tert-OH is 13. The molecule has 27 heavy (non-hydrogen) atoms. The molecule has 0 spiro atoms. The van der Waals surface area contributed by atoms with Gasteiger partial charge in [-0.05, 0) is 0 Å². The molecule has 0 rings (SSSR count). The minimum absolute atomic E-state index is 0.365. The fourth-order valence-electron chi connectivity index (χ4n) is 1.03. The molecule has 0 aromatic heterocycles. The van der Waals surface area contributed by atoms with Crippen LogP contribution in [0.1, 0.15) is 0 Å². The largest absolute Gasteiger partial charge is 0.396 e. The van der Waals surface area contributed by atoms with Gasteiger partial charge < -0.3 is 66.4 Å². The molecule has 0 heterocycles. The summed E-state index contributed by atoms with van der Waals surface area (Å²) in [5.74, 6) is 0. The van der Waals surface area contributed by atoms with Crippen molar-refractivity contribution in [3.05, 3.63) is 0 Å². The third-order valence-electron chi connectivity index (χ3n) is 3.28. The van der Waals surface area contributed by atoms with Crippen LogP contribution in [0.3, 0.4) is 0 Å². The predicted octanol–water partition coefficient (Wildman–Crippen LogP) is -7.31. The molecular formula is C14H34O13. The van der Waals surface area contributed by atoms with E-state index < -0.39 is 75.6 Å². The summed E-state index contributed by atoms with van der Waals surface area (Å²) >= 11 is 0. The maximum atomic E-state index is 8.96. The number of hydrogen-bond acceptors (Lipinski definition) is 13. The summed E-state index contributed by atoms with van der Waals surface area (Å²) in [5.41, 5.74) is -1.11. The van der Waals surface area contributed by atoms with Crippen molar-refractivity contribution < 1.29 is 66.4 Å². The van der Waals surface area contributed by atoms with E-state index in [0.29, 0.717) is 0 Å². The van der Waals surface area contributed by atoms with Crippen LogP contribution in [-0.4, -0.2) is 150 Å². The second kappa shape index (κ2) is 18.8. The summed E-state index contributed by atoms with van der Waals surface area (Å²) in [5, 5.41) is 110. The Morgan fingerprint density at radius 1 is 0.444 bits per heavy atom. The summed E-state index contributed by atoms with van der Waals surface area (Å²) in [4.78, 5) is 0. The van der Waals surface area contributed by atoms with Crippen molar-refractivity contribution in [2.24, 2.45) is 5.41 Å². The predicted molar refractivity (Wildman–Crippen MR) is 89.2 cm³/mol. The van der Waals surface area contributed by atoms with E-state index in [0.717, 1.165) is 0 Å². The van der Waals surface area contributed by atoms with Gasteiger partial charge in [-0.1, -0.05) is 0 Å². The van der Waals surface area contributed by atoms with Crippen molar-refractivity contribution in [3.8, 4) is 0 Å². The Morgan fingerprint density at radius 2 is 0.704 bits per heavy atom. The van der Waals surface area contributed by atoms with Crippen molar-refractivity contribution in [3.63, 3.8) is 0 Å². The molecule has 13 N–H and O–H groups in total. The summed E-state index contributed by atoms with van der Waals surface area (Å²) in [6.45, 7) is -3.81. The number of aliphatic hydroxyl groups is 13. The standard InChI is InChI=1S/C6H14O6.C5H12O4.C3H8O3/c7-1-3(9)5(11)6(12)4(10)2-8;6-1-5(2-7,3-8)4-9;4-1-3(6)2-5/h3-12H,1-2H2;6-9H,1-4H2;3-6H,1-2H2/t3-,4+,5-,6-;;/m1../s1. The van der Waals surface area contributed by atoms with Gasteiger partial charge in [0.1, 0.15) is 30.5 Å². The Hall–Kier alpha value is -0.520. The molecule has 0 aliphatic heterocycles. The molecular weight excluding hydrogens is 376 g/mol. The first-order valence-corrected chi connectivity index (χ1v) is 7.87. The van der Waals surface area contributed by atoms with Gasteiger partial charge >= 0.3 is 0 Å². The molecule has 0 unspecified atom stereocenters. The van der Waals surface area contributed by atoms with Gasteiger partial charge in [0.05, 0.1) is 58.3 Å². The first-order chi connectivity index (χ1) is 12.6. The van der Waals surface area contributed by atoms with Crippen molar-refractivity contribution in [1.82, 2.24) is 0 Å². The van der Waals surface area contributed by atoms with E-state index in [1.54, 1.807) is 0 Å². The molecule has 0 aromatic rings. The lowest BCUT2D eigenvalue weighted by atomic mass is 9.93. The first-order valence-electron chi connectivity index (χ1n) is 7.87. The molecule has 13 nitrogen and oxygen atoms in total. The molecule has 0 saturated carbocycles. The minimum atomic E-state index is -1.67. The highest BCUT2D eigenvalue weighted by Crippen LogP contribution is 2.11. The Labute approximate surface area is 156 Å². The van der Waals surface area contributed by atoms with Gasteiger partial charge in [-0.15, -0.1) is 0 Å². The Bertz CT molecular complexity index is 267. The van der Waals surface area contributed by atoms with Crippen molar-refractivity contribution in [2.45, 2.75) is 30.5 Å². The zero-order valence-electron chi connectivity index (χ0n) is 14.9. The van der Waals surface area contributed by atoms with Crippen LogP contribution in [0.5, 0.6) is 0 Å². The lowest BCUT2D eigenvalue weighted by molar-refractivity contribution is -0.123. The van der Waals surface area contributed by atoms with E-state index >= 15 is 0 Å². The zero-order valence-corrected chi connectivity index (χ0v) is 14.9. The zero-order chi connectivity index (χ0) is 22.0. The molecule has 0 aromatic carbocycles. The van der Waals surface area contributed by atoms with Gasteiger partial charge in [-0.3, -0.25) is 0 Å². The third-order valence-corrected chi connectivity index (χ3v) is 3.28. The van der Waals surface area contributed by atoms with Gasteiger partial charge in [0.25, 0.3) is 0 Å². The normalized spacial score (nSPS) is 15.8. The molecule has 4 atom stereocenters. The van der Waals surface area contributed by atoms with Gasteiger partial charge in [0.2, 0.25) is 0 Å². The van der Waals surface area contributed by atoms with E-state index in [4.69, 9.17) is 66.4 Å². The van der Waals surface area contributed by atoms with E-state index in [-0.39, 0.29) is 13.2 Å². The molecule has 0 amide bonds. The molecule has 0 aliphatic rings. The topological polar surface area (TPSA) is 263 Å². The van der Waals surface area contributed by atoms with Gasteiger partial charge in [-0.2, -0.15) is 0 Å². The quantitative estimate of drug-likeness (QED) is 0.151. The second-order valence-electron chi connectivity index (χ2n) is 5.63. The van der Waals surface area contributed by atoms with E-state index in [1.807, 2.05) is 0 Å².